The van der Waals surface area contributed by atoms with Crippen LogP contribution in [0, 0.1) is 22.3 Å². The maximum absolute atomic E-state index is 9.27. The minimum absolute atomic E-state index is 0.224. The fraction of sp³-hybridized carbons (Fsp3) is 0.500. The zero-order valence-electron chi connectivity index (χ0n) is 4.66. The van der Waals surface area contributed by atoms with E-state index >= 15 is 0 Å². The highest BCUT2D eigenvalue weighted by Crippen LogP contribution is 1.63. The normalized spacial score (nSPS) is 6.56. The quantitative estimate of drug-likeness (QED) is 0.246. The molecule has 0 fully saturated rings. The summed E-state index contributed by atoms with van der Waals surface area (Å²) in [5.74, 6) is 0. The van der Waals surface area contributed by atoms with E-state index in [-0.39, 0.29) is 13.1 Å². The SMILES string of the molecule is N#CCNCC#[N+]N=O. The third kappa shape index (κ3) is 6.54. The van der Waals surface area contributed by atoms with Gasteiger partial charge in [-0.15, -0.1) is 0 Å². The van der Waals surface area contributed by atoms with E-state index in [1.807, 2.05) is 6.07 Å². The Morgan fingerprint density at radius 3 is 3.00 bits per heavy atom. The van der Waals surface area contributed by atoms with E-state index in [1.165, 1.54) is 0 Å². The van der Waals surface area contributed by atoms with Crippen LogP contribution in [0.3, 0.4) is 0 Å². The highest BCUT2D eigenvalue weighted by atomic mass is 16.3. The molecule has 0 amide bonds. The maximum Gasteiger partial charge on any atom is 0.380 e. The number of nitrogens with zero attached hydrogens (tertiary/aromatic N) is 3. The molecule has 0 aromatic rings. The second-order valence-corrected chi connectivity index (χ2v) is 1.10. The van der Waals surface area contributed by atoms with Crippen LogP contribution in [-0.4, -0.2) is 13.1 Å². The molecule has 0 aromatic carbocycles. The lowest BCUT2D eigenvalue weighted by atomic mass is 10.6. The Labute approximate surface area is 52.0 Å². The fourth-order valence-corrected chi connectivity index (χ4v) is 0.239. The summed E-state index contributed by atoms with van der Waals surface area (Å²) in [5, 5.41) is 12.7. The van der Waals surface area contributed by atoms with Gasteiger partial charge in [-0.25, -0.2) is 0 Å². The van der Waals surface area contributed by atoms with Gasteiger partial charge in [0.1, 0.15) is 6.54 Å². The van der Waals surface area contributed by atoms with Crippen molar-refractivity contribution in [3.63, 3.8) is 0 Å². The second kappa shape index (κ2) is 6.54. The van der Waals surface area contributed by atoms with Crippen molar-refractivity contribution >= 4 is 0 Å². The van der Waals surface area contributed by atoms with Crippen LogP contribution in [0.15, 0.2) is 5.29 Å². The molecular formula is C4H5N4O+. The second-order valence-electron chi connectivity index (χ2n) is 1.10. The number of nitrogens with one attached hydrogen (secondary N) is 1. The Morgan fingerprint density at radius 1 is 1.67 bits per heavy atom. The van der Waals surface area contributed by atoms with E-state index < -0.39 is 0 Å². The van der Waals surface area contributed by atoms with Crippen LogP contribution >= 0.6 is 0 Å². The van der Waals surface area contributed by atoms with Gasteiger partial charge in [-0.1, -0.05) is 4.91 Å². The topological polar surface area (TPSA) is 69.6 Å². The first-order chi connectivity index (χ1) is 4.41. The highest BCUT2D eigenvalue weighted by molar-refractivity contribution is 4.87. The molecule has 5 heteroatoms. The predicted octanol–water partition coefficient (Wildman–Crippen LogP) is 0.114. The third-order valence-electron chi connectivity index (χ3n) is 0.520. The first-order valence-corrected chi connectivity index (χ1v) is 2.24. The van der Waals surface area contributed by atoms with Crippen LogP contribution in [0.4, 0.5) is 0 Å². The standard InChI is InChI=1S/C4H5N4O/c5-1-2-6-3-4-7-8-9/h6H,2-3H2/q+1. The molecule has 5 nitrogen and oxygen atoms in total. The predicted molar refractivity (Wildman–Crippen MR) is 31.5 cm³/mol. The number of hydrogen-bond donors (Lipinski definition) is 1. The van der Waals surface area contributed by atoms with Gasteiger partial charge >= 0.3 is 11.4 Å². The van der Waals surface area contributed by atoms with Crippen molar-refractivity contribution in [2.45, 2.75) is 0 Å². The van der Waals surface area contributed by atoms with Crippen LogP contribution in [0.25, 0.3) is 4.95 Å². The Hall–Kier alpha value is -1.46. The zero-order chi connectivity index (χ0) is 6.95. The van der Waals surface area contributed by atoms with Crippen molar-refractivity contribution in [2.75, 3.05) is 13.1 Å². The van der Waals surface area contributed by atoms with E-state index in [9.17, 15) is 4.91 Å². The molecule has 0 aliphatic rings. The Balaban J connectivity index is 3.11. The number of nitroso groups, excluding NO2 is 1. The fourth-order valence-electron chi connectivity index (χ4n) is 0.239. The van der Waals surface area contributed by atoms with E-state index in [1.54, 1.807) is 0 Å². The number of hydrogen-bond acceptors (Lipinski definition) is 4. The van der Waals surface area contributed by atoms with Crippen molar-refractivity contribution in [1.29, 1.82) is 5.26 Å². The van der Waals surface area contributed by atoms with Crippen molar-refractivity contribution in [2.24, 2.45) is 5.29 Å². The smallest absolute Gasteiger partial charge is 0.288 e. The van der Waals surface area contributed by atoms with Crippen LogP contribution in [0.5, 0.6) is 0 Å². The molecule has 0 bridgehead atoms. The van der Waals surface area contributed by atoms with Crippen molar-refractivity contribution < 1.29 is 0 Å². The van der Waals surface area contributed by atoms with Gasteiger partial charge in [0, 0.05) is 0 Å². The van der Waals surface area contributed by atoms with Gasteiger partial charge in [0.15, 0.2) is 4.95 Å². The summed E-state index contributed by atoms with van der Waals surface area (Å²) in [6.45, 7) is 0.501. The van der Waals surface area contributed by atoms with Crippen molar-refractivity contribution in [3.05, 3.63) is 9.86 Å². The molecule has 0 rings (SSSR count). The number of rotatable bonds is 2. The van der Waals surface area contributed by atoms with E-state index in [4.69, 9.17) is 5.26 Å². The van der Waals surface area contributed by atoms with Crippen LogP contribution in [-0.2, 0) is 0 Å². The molecule has 46 valence electrons. The van der Waals surface area contributed by atoms with Gasteiger partial charge in [-0.05, 0) is 0 Å². The molecule has 0 aromatic heterocycles. The largest absolute Gasteiger partial charge is 0.380 e. The molecule has 0 heterocycles. The third-order valence-corrected chi connectivity index (χ3v) is 0.520. The van der Waals surface area contributed by atoms with Gasteiger partial charge in [0.2, 0.25) is 0 Å². The summed E-state index contributed by atoms with van der Waals surface area (Å²) in [6.07, 6.45) is 0. The van der Waals surface area contributed by atoms with E-state index in [0.29, 0.717) is 0 Å². The van der Waals surface area contributed by atoms with Gasteiger partial charge < -0.3 is 0 Å². The molecule has 0 spiro atoms. The Morgan fingerprint density at radius 2 is 2.44 bits per heavy atom. The van der Waals surface area contributed by atoms with Crippen LogP contribution < -0.4 is 5.32 Å². The molecule has 9 heavy (non-hydrogen) atoms. The van der Waals surface area contributed by atoms with Crippen LogP contribution in [0.2, 0.25) is 0 Å². The summed E-state index contributed by atoms with van der Waals surface area (Å²) >= 11 is 0. The molecule has 0 aliphatic heterocycles. The summed E-state index contributed by atoms with van der Waals surface area (Å²) in [5.41, 5.74) is 0. The summed E-state index contributed by atoms with van der Waals surface area (Å²) in [6, 6.07) is 4.10. The summed E-state index contributed by atoms with van der Waals surface area (Å²) < 4.78 is 0. The van der Waals surface area contributed by atoms with Gasteiger partial charge in [0.25, 0.3) is 0 Å². The Bertz CT molecular complexity index is 171. The minimum Gasteiger partial charge on any atom is -0.288 e. The first-order valence-electron chi connectivity index (χ1n) is 2.24. The molecule has 0 unspecified atom stereocenters. The van der Waals surface area contributed by atoms with Crippen molar-refractivity contribution in [3.8, 4) is 12.1 Å². The lowest BCUT2D eigenvalue weighted by molar-refractivity contribution is 0.863. The molecule has 0 atom stereocenters. The maximum atomic E-state index is 9.27. The zero-order valence-corrected chi connectivity index (χ0v) is 4.66. The lowest BCUT2D eigenvalue weighted by Gasteiger charge is -1.79. The van der Waals surface area contributed by atoms with E-state index in [0.717, 1.165) is 0 Å². The molecule has 0 aliphatic carbocycles. The lowest BCUT2D eigenvalue weighted by Crippen LogP contribution is -2.12. The average Bonchev–Trinajstić information content (AvgIpc) is 1.89. The molecule has 0 saturated heterocycles. The molecular weight excluding hydrogens is 120 g/mol. The van der Waals surface area contributed by atoms with Gasteiger partial charge in [-0.3, -0.25) is 5.32 Å². The highest BCUT2D eigenvalue weighted by Gasteiger charge is 1.85. The minimum atomic E-state index is 0.224. The van der Waals surface area contributed by atoms with Gasteiger partial charge in [0.05, 0.1) is 12.6 Å². The summed E-state index contributed by atoms with van der Waals surface area (Å²) in [4.78, 5) is 12.2. The summed E-state index contributed by atoms with van der Waals surface area (Å²) in [7, 11) is 0. The monoisotopic (exact) mass is 125 g/mol. The number of nitriles is 1. The van der Waals surface area contributed by atoms with Crippen molar-refractivity contribution in [1.82, 2.24) is 5.32 Å². The molecule has 0 radical (unpaired) electrons. The molecule has 1 N–H and O–H groups in total. The molecule has 0 saturated carbocycles. The van der Waals surface area contributed by atoms with Gasteiger partial charge in [-0.2, -0.15) is 5.26 Å². The first kappa shape index (κ1) is 7.54. The van der Waals surface area contributed by atoms with E-state index in [2.05, 4.69) is 21.6 Å². The Kier molecular flexibility index (Phi) is 5.48. The average molecular weight is 125 g/mol. The van der Waals surface area contributed by atoms with Crippen LogP contribution in [0.1, 0.15) is 0 Å².